The molecule has 0 unspecified atom stereocenters. The fourth-order valence-corrected chi connectivity index (χ4v) is 1.97. The van der Waals surface area contributed by atoms with E-state index in [1.165, 1.54) is 0 Å². The quantitative estimate of drug-likeness (QED) is 0.914. The van der Waals surface area contributed by atoms with Crippen LogP contribution in [-0.2, 0) is 6.61 Å². The predicted molar refractivity (Wildman–Crippen MR) is 81.1 cm³/mol. The third kappa shape index (κ3) is 3.74. The standard InChI is InChI=1S/C17H18N2O2/c1-12(19)14-4-6-16(7-5-14)21-11-13-3-8-17(20-2)15(9-13)10-18/h3-9,12H,11,19H2,1-2H3/t12-/m1/s1. The second kappa shape index (κ2) is 6.78. The highest BCUT2D eigenvalue weighted by Gasteiger charge is 2.05. The Morgan fingerprint density at radius 1 is 1.19 bits per heavy atom. The molecule has 0 aliphatic carbocycles. The molecule has 0 amide bonds. The SMILES string of the molecule is COc1ccc(COc2ccc([C@@H](C)N)cc2)cc1C#N. The lowest BCUT2D eigenvalue weighted by Crippen LogP contribution is -2.04. The fraction of sp³-hybridized carbons (Fsp3) is 0.235. The second-order valence-electron chi connectivity index (χ2n) is 4.79. The van der Waals surface area contributed by atoms with E-state index in [-0.39, 0.29) is 6.04 Å². The number of rotatable bonds is 5. The van der Waals surface area contributed by atoms with Crippen LogP contribution in [0, 0.1) is 11.3 Å². The van der Waals surface area contributed by atoms with Gasteiger partial charge in [-0.05, 0) is 42.3 Å². The molecule has 0 spiro atoms. The van der Waals surface area contributed by atoms with Crippen LogP contribution in [0.25, 0.3) is 0 Å². The normalized spacial score (nSPS) is 11.5. The van der Waals surface area contributed by atoms with Crippen molar-refractivity contribution in [1.29, 1.82) is 5.26 Å². The molecule has 2 aromatic carbocycles. The molecule has 0 fully saturated rings. The van der Waals surface area contributed by atoms with Crippen molar-refractivity contribution in [3.63, 3.8) is 0 Å². The highest BCUT2D eigenvalue weighted by Crippen LogP contribution is 2.21. The van der Waals surface area contributed by atoms with E-state index in [1.54, 1.807) is 19.2 Å². The summed E-state index contributed by atoms with van der Waals surface area (Å²) in [6.45, 7) is 2.34. The van der Waals surface area contributed by atoms with E-state index in [1.807, 2.05) is 37.3 Å². The van der Waals surface area contributed by atoms with Gasteiger partial charge in [0, 0.05) is 6.04 Å². The van der Waals surface area contributed by atoms with Gasteiger partial charge in [0.15, 0.2) is 0 Å². The van der Waals surface area contributed by atoms with Crippen molar-refractivity contribution in [3.8, 4) is 17.6 Å². The van der Waals surface area contributed by atoms with Gasteiger partial charge < -0.3 is 15.2 Å². The van der Waals surface area contributed by atoms with Crippen LogP contribution in [0.15, 0.2) is 42.5 Å². The molecule has 2 N–H and O–H groups in total. The minimum absolute atomic E-state index is 0.0128. The number of nitrogens with two attached hydrogens (primary N) is 1. The smallest absolute Gasteiger partial charge is 0.136 e. The molecule has 21 heavy (non-hydrogen) atoms. The molecule has 2 rings (SSSR count). The Balaban J connectivity index is 2.04. The van der Waals surface area contributed by atoms with Gasteiger partial charge in [-0.1, -0.05) is 18.2 Å². The van der Waals surface area contributed by atoms with Gasteiger partial charge in [0.1, 0.15) is 24.2 Å². The number of benzene rings is 2. The maximum Gasteiger partial charge on any atom is 0.136 e. The zero-order valence-electron chi connectivity index (χ0n) is 12.2. The van der Waals surface area contributed by atoms with Crippen LogP contribution >= 0.6 is 0 Å². The maximum atomic E-state index is 9.06. The van der Waals surface area contributed by atoms with E-state index in [4.69, 9.17) is 20.5 Å². The van der Waals surface area contributed by atoms with Crippen LogP contribution in [0.1, 0.15) is 29.7 Å². The summed E-state index contributed by atoms with van der Waals surface area (Å²) in [5.74, 6) is 1.34. The van der Waals surface area contributed by atoms with E-state index < -0.39 is 0 Å². The number of methoxy groups -OCH3 is 1. The van der Waals surface area contributed by atoms with Gasteiger partial charge in [0.2, 0.25) is 0 Å². The van der Waals surface area contributed by atoms with E-state index >= 15 is 0 Å². The van der Waals surface area contributed by atoms with Gasteiger partial charge in [-0.3, -0.25) is 0 Å². The van der Waals surface area contributed by atoms with Crippen LogP contribution < -0.4 is 15.2 Å². The van der Waals surface area contributed by atoms with Crippen molar-refractivity contribution in [1.82, 2.24) is 0 Å². The Morgan fingerprint density at radius 3 is 2.48 bits per heavy atom. The minimum Gasteiger partial charge on any atom is -0.495 e. The summed E-state index contributed by atoms with van der Waals surface area (Å²) in [5.41, 5.74) is 8.30. The van der Waals surface area contributed by atoms with Crippen molar-refractivity contribution in [2.24, 2.45) is 5.73 Å². The summed E-state index contributed by atoms with van der Waals surface area (Å²) in [6, 6.07) is 15.3. The molecular formula is C17H18N2O2. The molecule has 0 saturated carbocycles. The van der Waals surface area contributed by atoms with Crippen LogP contribution in [-0.4, -0.2) is 7.11 Å². The first-order valence-corrected chi connectivity index (χ1v) is 6.69. The van der Waals surface area contributed by atoms with Crippen molar-refractivity contribution in [3.05, 3.63) is 59.2 Å². The van der Waals surface area contributed by atoms with Gasteiger partial charge in [-0.25, -0.2) is 0 Å². The highest BCUT2D eigenvalue weighted by molar-refractivity contribution is 5.45. The Morgan fingerprint density at radius 2 is 1.90 bits per heavy atom. The molecule has 0 radical (unpaired) electrons. The molecule has 0 bridgehead atoms. The molecule has 0 saturated heterocycles. The van der Waals surface area contributed by atoms with Crippen molar-refractivity contribution < 1.29 is 9.47 Å². The van der Waals surface area contributed by atoms with Gasteiger partial charge in [0.25, 0.3) is 0 Å². The molecule has 0 heterocycles. The first-order chi connectivity index (χ1) is 10.1. The van der Waals surface area contributed by atoms with E-state index in [9.17, 15) is 0 Å². The molecule has 4 nitrogen and oxygen atoms in total. The van der Waals surface area contributed by atoms with E-state index in [0.717, 1.165) is 16.9 Å². The maximum absolute atomic E-state index is 9.06. The van der Waals surface area contributed by atoms with Crippen LogP contribution in [0.3, 0.4) is 0 Å². The number of nitriles is 1. The Hall–Kier alpha value is -2.51. The van der Waals surface area contributed by atoms with Gasteiger partial charge in [-0.15, -0.1) is 0 Å². The summed E-state index contributed by atoms with van der Waals surface area (Å²) in [4.78, 5) is 0. The third-order valence-electron chi connectivity index (χ3n) is 3.20. The summed E-state index contributed by atoms with van der Waals surface area (Å²) in [6.07, 6.45) is 0. The highest BCUT2D eigenvalue weighted by atomic mass is 16.5. The number of hydrogen-bond acceptors (Lipinski definition) is 4. The van der Waals surface area contributed by atoms with Crippen molar-refractivity contribution in [2.75, 3.05) is 7.11 Å². The lowest BCUT2D eigenvalue weighted by atomic mass is 10.1. The van der Waals surface area contributed by atoms with Gasteiger partial charge in [0.05, 0.1) is 12.7 Å². The van der Waals surface area contributed by atoms with Gasteiger partial charge >= 0.3 is 0 Å². The van der Waals surface area contributed by atoms with E-state index in [2.05, 4.69) is 6.07 Å². The average molecular weight is 282 g/mol. The summed E-state index contributed by atoms with van der Waals surface area (Å²) in [7, 11) is 1.55. The molecule has 0 aromatic heterocycles. The lowest BCUT2D eigenvalue weighted by molar-refractivity contribution is 0.306. The number of ether oxygens (including phenoxy) is 2. The number of nitrogens with zero attached hydrogens (tertiary/aromatic N) is 1. The second-order valence-corrected chi connectivity index (χ2v) is 4.79. The van der Waals surface area contributed by atoms with Crippen molar-refractivity contribution >= 4 is 0 Å². The topological polar surface area (TPSA) is 68.3 Å². The zero-order chi connectivity index (χ0) is 15.2. The molecular weight excluding hydrogens is 264 g/mol. The van der Waals surface area contributed by atoms with Crippen molar-refractivity contribution in [2.45, 2.75) is 19.6 Å². The number of hydrogen-bond donors (Lipinski definition) is 1. The summed E-state index contributed by atoms with van der Waals surface area (Å²) < 4.78 is 10.8. The molecule has 0 aliphatic heterocycles. The monoisotopic (exact) mass is 282 g/mol. The van der Waals surface area contributed by atoms with Crippen LogP contribution in [0.4, 0.5) is 0 Å². The lowest BCUT2D eigenvalue weighted by Gasteiger charge is -2.10. The molecule has 2 aromatic rings. The minimum atomic E-state index is 0.0128. The Kier molecular flexibility index (Phi) is 4.81. The van der Waals surface area contributed by atoms with Crippen LogP contribution in [0.2, 0.25) is 0 Å². The zero-order valence-corrected chi connectivity index (χ0v) is 12.2. The first-order valence-electron chi connectivity index (χ1n) is 6.69. The first kappa shape index (κ1) is 14.9. The fourth-order valence-electron chi connectivity index (χ4n) is 1.97. The third-order valence-corrected chi connectivity index (χ3v) is 3.20. The Labute approximate surface area is 124 Å². The summed E-state index contributed by atoms with van der Waals surface area (Å²) >= 11 is 0. The van der Waals surface area contributed by atoms with E-state index in [0.29, 0.717) is 17.9 Å². The van der Waals surface area contributed by atoms with Crippen LogP contribution in [0.5, 0.6) is 11.5 Å². The van der Waals surface area contributed by atoms with Gasteiger partial charge in [-0.2, -0.15) is 5.26 Å². The summed E-state index contributed by atoms with van der Waals surface area (Å²) in [5, 5.41) is 9.06. The molecule has 4 heteroatoms. The molecule has 108 valence electrons. The molecule has 0 aliphatic rings. The Bertz CT molecular complexity index is 643. The predicted octanol–water partition coefficient (Wildman–Crippen LogP) is 3.17. The largest absolute Gasteiger partial charge is 0.495 e. The average Bonchev–Trinajstić information content (AvgIpc) is 2.52. The molecule has 1 atom stereocenters.